The molecule has 142 valence electrons. The van der Waals surface area contributed by atoms with Crippen LogP contribution in [0.15, 0.2) is 34.8 Å². The number of nitrogens with zero attached hydrogens (tertiary/aromatic N) is 2. The summed E-state index contributed by atoms with van der Waals surface area (Å²) in [4.78, 5) is 14.6. The number of nitriles is 1. The molecule has 0 radical (unpaired) electrons. The summed E-state index contributed by atoms with van der Waals surface area (Å²) in [6, 6.07) is 6.04. The number of rotatable bonds is 4. The van der Waals surface area contributed by atoms with Crippen molar-refractivity contribution in [3.05, 3.63) is 43.9 Å². The summed E-state index contributed by atoms with van der Waals surface area (Å²) in [6.07, 6.45) is 2.07. The van der Waals surface area contributed by atoms with Gasteiger partial charge >= 0.3 is 0 Å². The number of benzene rings is 1. The van der Waals surface area contributed by atoms with E-state index in [1.807, 2.05) is 26.1 Å². The molecule has 0 bridgehead atoms. The first-order valence-corrected chi connectivity index (χ1v) is 9.92. The fraction of sp³-hybridized carbons (Fsp3) is 0.400. The van der Waals surface area contributed by atoms with E-state index in [0.29, 0.717) is 41.5 Å². The molecule has 1 aromatic carbocycles. The normalized spacial score (nSPS) is 19.7. The molecule has 1 aliphatic heterocycles. The van der Waals surface area contributed by atoms with Crippen molar-refractivity contribution in [1.29, 1.82) is 5.26 Å². The van der Waals surface area contributed by atoms with Crippen molar-refractivity contribution < 1.29 is 14.3 Å². The second-order valence-electron chi connectivity index (χ2n) is 6.51. The maximum absolute atomic E-state index is 12.8. The predicted molar refractivity (Wildman–Crippen MR) is 110 cm³/mol. The van der Waals surface area contributed by atoms with Crippen molar-refractivity contribution >= 4 is 28.4 Å². The first-order chi connectivity index (χ1) is 12.9. The summed E-state index contributed by atoms with van der Waals surface area (Å²) < 4.78 is 12.1. The van der Waals surface area contributed by atoms with Crippen molar-refractivity contribution in [2.75, 3.05) is 20.8 Å². The molecular formula is C20H22IN3O3. The number of ether oxygens (including phenoxy) is 2. The van der Waals surface area contributed by atoms with Gasteiger partial charge in [-0.2, -0.15) is 5.26 Å². The van der Waals surface area contributed by atoms with E-state index in [4.69, 9.17) is 15.2 Å². The van der Waals surface area contributed by atoms with Gasteiger partial charge < -0.3 is 20.1 Å². The van der Waals surface area contributed by atoms with E-state index in [9.17, 15) is 10.1 Å². The van der Waals surface area contributed by atoms with Crippen LogP contribution in [0.2, 0.25) is 0 Å². The molecular weight excluding hydrogens is 457 g/mol. The maximum atomic E-state index is 12.8. The van der Waals surface area contributed by atoms with Gasteiger partial charge in [0.2, 0.25) is 0 Å². The Morgan fingerprint density at radius 2 is 2.15 bits per heavy atom. The Bertz CT molecular complexity index is 898. The molecule has 1 aromatic rings. The zero-order valence-electron chi connectivity index (χ0n) is 15.6. The van der Waals surface area contributed by atoms with Crippen LogP contribution in [0, 0.1) is 14.9 Å². The van der Waals surface area contributed by atoms with Gasteiger partial charge in [-0.15, -0.1) is 0 Å². The Morgan fingerprint density at radius 1 is 1.41 bits per heavy atom. The minimum absolute atomic E-state index is 0.0807. The van der Waals surface area contributed by atoms with Crippen molar-refractivity contribution in [2.45, 2.75) is 32.1 Å². The zero-order chi connectivity index (χ0) is 19.7. The minimum atomic E-state index is -0.479. The third kappa shape index (κ3) is 3.27. The van der Waals surface area contributed by atoms with Crippen LogP contribution in [0.1, 0.15) is 37.7 Å². The van der Waals surface area contributed by atoms with Crippen LogP contribution in [-0.4, -0.2) is 31.4 Å². The molecule has 3 rings (SSSR count). The molecule has 0 fully saturated rings. The van der Waals surface area contributed by atoms with Gasteiger partial charge in [0.1, 0.15) is 5.82 Å². The number of methoxy groups -OCH3 is 1. The van der Waals surface area contributed by atoms with Crippen molar-refractivity contribution in [3.63, 3.8) is 0 Å². The number of nitrogens with two attached hydrogens (primary N) is 1. The van der Waals surface area contributed by atoms with Crippen LogP contribution in [-0.2, 0) is 4.79 Å². The van der Waals surface area contributed by atoms with Crippen molar-refractivity contribution in [1.82, 2.24) is 4.90 Å². The van der Waals surface area contributed by atoms with E-state index < -0.39 is 5.92 Å². The average molecular weight is 479 g/mol. The Labute approximate surface area is 172 Å². The summed E-state index contributed by atoms with van der Waals surface area (Å²) in [5.41, 5.74) is 9.09. The summed E-state index contributed by atoms with van der Waals surface area (Å²) in [7, 11) is 3.42. The van der Waals surface area contributed by atoms with Crippen molar-refractivity contribution in [3.8, 4) is 17.6 Å². The highest BCUT2D eigenvalue weighted by Gasteiger charge is 2.39. The van der Waals surface area contributed by atoms with E-state index in [2.05, 4.69) is 28.7 Å². The Kier molecular flexibility index (Phi) is 5.65. The molecule has 27 heavy (non-hydrogen) atoms. The third-order valence-electron chi connectivity index (χ3n) is 5.04. The molecule has 2 aliphatic rings. The van der Waals surface area contributed by atoms with Gasteiger partial charge in [-0.05, 0) is 60.1 Å². The molecule has 1 atom stereocenters. The predicted octanol–water partition coefficient (Wildman–Crippen LogP) is 3.43. The van der Waals surface area contributed by atoms with Crippen LogP contribution in [0.4, 0.5) is 0 Å². The topological polar surface area (TPSA) is 88.6 Å². The monoisotopic (exact) mass is 479 g/mol. The lowest BCUT2D eigenvalue weighted by Crippen LogP contribution is -2.36. The maximum Gasteiger partial charge on any atom is 0.174 e. The Balaban J connectivity index is 2.25. The highest BCUT2D eigenvalue weighted by Crippen LogP contribution is 2.46. The van der Waals surface area contributed by atoms with Crippen LogP contribution >= 0.6 is 22.6 Å². The van der Waals surface area contributed by atoms with E-state index in [-0.39, 0.29) is 5.78 Å². The van der Waals surface area contributed by atoms with Gasteiger partial charge in [0.15, 0.2) is 17.3 Å². The van der Waals surface area contributed by atoms with Gasteiger partial charge in [-0.3, -0.25) is 4.79 Å². The lowest BCUT2D eigenvalue weighted by molar-refractivity contribution is -0.116. The number of halogens is 1. The second-order valence-corrected chi connectivity index (χ2v) is 7.67. The fourth-order valence-electron chi connectivity index (χ4n) is 3.81. The van der Waals surface area contributed by atoms with E-state index in [1.54, 1.807) is 12.0 Å². The van der Waals surface area contributed by atoms with Gasteiger partial charge in [-0.1, -0.05) is 0 Å². The number of Topliss-reactive ketones (excluding diaryl/α,β-unsaturated/α-hetero) is 1. The molecule has 1 aliphatic carbocycles. The first-order valence-electron chi connectivity index (χ1n) is 8.84. The highest BCUT2D eigenvalue weighted by atomic mass is 127. The first kappa shape index (κ1) is 19.5. The number of hydrogen-bond acceptors (Lipinski definition) is 6. The van der Waals surface area contributed by atoms with Crippen LogP contribution in [0.5, 0.6) is 11.5 Å². The van der Waals surface area contributed by atoms with Crippen molar-refractivity contribution in [2.24, 2.45) is 5.73 Å². The number of carbonyl (C=O) groups is 1. The Hall–Kier alpha value is -2.21. The van der Waals surface area contributed by atoms with Crippen LogP contribution in [0.25, 0.3) is 0 Å². The molecule has 2 N–H and O–H groups in total. The second kappa shape index (κ2) is 7.80. The molecule has 0 spiro atoms. The molecule has 0 aromatic heterocycles. The van der Waals surface area contributed by atoms with Crippen LogP contribution < -0.4 is 15.2 Å². The quantitative estimate of drug-likeness (QED) is 0.666. The van der Waals surface area contributed by atoms with Gasteiger partial charge in [0.05, 0.1) is 34.8 Å². The van der Waals surface area contributed by atoms with E-state index in [0.717, 1.165) is 27.7 Å². The summed E-state index contributed by atoms with van der Waals surface area (Å²) in [6.45, 7) is 2.39. The lowest BCUT2D eigenvalue weighted by atomic mass is 9.76. The smallest absolute Gasteiger partial charge is 0.174 e. The largest absolute Gasteiger partial charge is 0.492 e. The molecule has 1 heterocycles. The summed E-state index contributed by atoms with van der Waals surface area (Å²) >= 11 is 2.18. The molecule has 6 nitrogen and oxygen atoms in total. The van der Waals surface area contributed by atoms with Gasteiger partial charge in [0.25, 0.3) is 0 Å². The summed E-state index contributed by atoms with van der Waals surface area (Å²) in [5, 5.41) is 9.82. The van der Waals surface area contributed by atoms with Gasteiger partial charge in [0, 0.05) is 24.7 Å². The highest BCUT2D eigenvalue weighted by molar-refractivity contribution is 14.1. The number of hydrogen-bond donors (Lipinski definition) is 1. The molecule has 0 amide bonds. The zero-order valence-corrected chi connectivity index (χ0v) is 17.8. The van der Waals surface area contributed by atoms with E-state index >= 15 is 0 Å². The standard InChI is InChI=1S/C20H22IN3O3/c1-4-27-16-9-11(8-13(21)19(16)26-3)17-12(10-22)20(23)24(2)14-6-5-7-15(25)18(14)17/h8-9,17H,4-7,23H2,1-3H3/t17-/m1/s1. The molecule has 0 unspecified atom stereocenters. The van der Waals surface area contributed by atoms with Crippen LogP contribution in [0.3, 0.4) is 0 Å². The SMILES string of the molecule is CCOc1cc([C@@H]2C(C#N)=C(N)N(C)C3=C2C(=O)CCC3)cc(I)c1OC. The minimum Gasteiger partial charge on any atom is -0.492 e. The van der Waals surface area contributed by atoms with E-state index in [1.165, 1.54) is 0 Å². The molecule has 0 saturated heterocycles. The third-order valence-corrected chi connectivity index (χ3v) is 5.84. The number of carbonyl (C=O) groups excluding carboxylic acids is 1. The molecule has 7 heteroatoms. The Morgan fingerprint density at radius 3 is 2.78 bits per heavy atom. The number of ketones is 1. The number of allylic oxidation sites excluding steroid dienone is 3. The molecule has 0 saturated carbocycles. The summed E-state index contributed by atoms with van der Waals surface area (Å²) in [5.74, 6) is 1.25. The average Bonchev–Trinajstić information content (AvgIpc) is 2.64. The van der Waals surface area contributed by atoms with Gasteiger partial charge in [-0.25, -0.2) is 0 Å². The lowest BCUT2D eigenvalue weighted by Gasteiger charge is -2.37. The fourth-order valence-corrected chi connectivity index (χ4v) is 4.66.